The topological polar surface area (TPSA) is 64.7 Å². The first kappa shape index (κ1) is 21.0. The monoisotopic (exact) mass is 432 g/mol. The molecule has 6 heteroatoms. The van der Waals surface area contributed by atoms with Gasteiger partial charge in [-0.2, -0.15) is 0 Å². The first-order valence-electron chi connectivity index (χ1n) is 11.8. The van der Waals surface area contributed by atoms with E-state index >= 15 is 0 Å². The lowest BCUT2D eigenvalue weighted by Gasteiger charge is -2.43. The average Bonchev–Trinajstić information content (AvgIpc) is 3.57. The van der Waals surface area contributed by atoms with E-state index < -0.39 is 5.54 Å². The van der Waals surface area contributed by atoms with Crippen LogP contribution in [0.1, 0.15) is 37.7 Å². The van der Waals surface area contributed by atoms with Crippen LogP contribution in [0.15, 0.2) is 60.7 Å². The molecule has 0 bridgehead atoms. The molecule has 1 spiro atoms. The summed E-state index contributed by atoms with van der Waals surface area (Å²) in [5.41, 5.74) is 1.90. The second kappa shape index (κ2) is 8.58. The van der Waals surface area contributed by atoms with Crippen LogP contribution in [-0.4, -0.2) is 54.6 Å². The fourth-order valence-electron chi connectivity index (χ4n) is 5.47. The smallest absolute Gasteiger partial charge is 0.247 e. The molecule has 6 nitrogen and oxygen atoms in total. The van der Waals surface area contributed by atoms with Crippen molar-refractivity contribution < 1.29 is 9.59 Å². The molecule has 2 N–H and O–H groups in total. The summed E-state index contributed by atoms with van der Waals surface area (Å²) in [7, 11) is 0. The van der Waals surface area contributed by atoms with E-state index in [2.05, 4.69) is 51.6 Å². The molecule has 2 saturated heterocycles. The molecule has 3 fully saturated rings. The number of piperidine rings is 1. The molecule has 1 saturated carbocycles. The summed E-state index contributed by atoms with van der Waals surface area (Å²) in [4.78, 5) is 30.1. The van der Waals surface area contributed by atoms with Crippen molar-refractivity contribution >= 4 is 17.5 Å². The Bertz CT molecular complexity index is 956. The standard InChI is InChI=1S/C26H32N4O2/c1-19(28-24(31)23-16-22(23)20-8-4-2-5-9-20)17-29-14-12-26(13-15-29)25(32)27-18-30(26)21-10-6-3-7-11-21/h2-11,19,22-23H,12-18H2,1H3,(H,27,32)(H,28,31)/t19-,22+,23-/m0/s1. The molecule has 168 valence electrons. The molecule has 2 heterocycles. The van der Waals surface area contributed by atoms with Crippen LogP contribution < -0.4 is 15.5 Å². The summed E-state index contributed by atoms with van der Waals surface area (Å²) in [5.74, 6) is 0.780. The molecule has 0 unspecified atom stereocenters. The minimum Gasteiger partial charge on any atom is -0.352 e. The van der Waals surface area contributed by atoms with Gasteiger partial charge >= 0.3 is 0 Å². The molecule has 3 atom stereocenters. The molecular weight excluding hydrogens is 400 g/mol. The van der Waals surface area contributed by atoms with Crippen molar-refractivity contribution in [1.29, 1.82) is 0 Å². The zero-order chi connectivity index (χ0) is 22.1. The normalized spacial score (nSPS) is 25.4. The van der Waals surface area contributed by atoms with Crippen molar-refractivity contribution in [1.82, 2.24) is 15.5 Å². The van der Waals surface area contributed by atoms with E-state index in [4.69, 9.17) is 0 Å². The van der Waals surface area contributed by atoms with E-state index in [1.165, 1.54) is 5.56 Å². The van der Waals surface area contributed by atoms with Crippen molar-refractivity contribution in [2.24, 2.45) is 5.92 Å². The van der Waals surface area contributed by atoms with Crippen molar-refractivity contribution in [3.8, 4) is 0 Å². The van der Waals surface area contributed by atoms with E-state index in [0.717, 1.165) is 44.6 Å². The van der Waals surface area contributed by atoms with Gasteiger partial charge in [0.1, 0.15) is 5.54 Å². The van der Waals surface area contributed by atoms with Gasteiger partial charge in [0.15, 0.2) is 0 Å². The van der Waals surface area contributed by atoms with Crippen LogP contribution >= 0.6 is 0 Å². The highest BCUT2D eigenvalue weighted by atomic mass is 16.2. The lowest BCUT2D eigenvalue weighted by molar-refractivity contribution is -0.125. The fourth-order valence-corrected chi connectivity index (χ4v) is 5.47. The maximum absolute atomic E-state index is 12.8. The van der Waals surface area contributed by atoms with Crippen LogP contribution in [0.25, 0.3) is 0 Å². The van der Waals surface area contributed by atoms with Gasteiger partial charge in [0, 0.05) is 37.3 Å². The molecule has 2 aliphatic heterocycles. The van der Waals surface area contributed by atoms with E-state index in [1.54, 1.807) is 0 Å². The summed E-state index contributed by atoms with van der Waals surface area (Å²) in [6.45, 7) is 5.18. The first-order valence-corrected chi connectivity index (χ1v) is 11.8. The number of carbonyl (C=O) groups is 2. The summed E-state index contributed by atoms with van der Waals surface area (Å²) >= 11 is 0. The number of benzene rings is 2. The SMILES string of the molecule is C[C@@H](CN1CCC2(CC1)C(=O)NCN2c1ccccc1)NC(=O)[C@H]1C[C@@H]1c1ccccc1. The van der Waals surface area contributed by atoms with Crippen molar-refractivity contribution in [3.63, 3.8) is 0 Å². The minimum atomic E-state index is -0.457. The number of likely N-dealkylation sites (tertiary alicyclic amines) is 1. The Morgan fingerprint density at radius 3 is 2.44 bits per heavy atom. The lowest BCUT2D eigenvalue weighted by atomic mass is 9.85. The Hall–Kier alpha value is -2.86. The third kappa shape index (κ3) is 3.99. The summed E-state index contributed by atoms with van der Waals surface area (Å²) in [6.07, 6.45) is 2.54. The van der Waals surface area contributed by atoms with Gasteiger partial charge in [-0.25, -0.2) is 0 Å². The van der Waals surface area contributed by atoms with Gasteiger partial charge < -0.3 is 20.4 Å². The Labute approximate surface area is 190 Å². The molecule has 1 aliphatic carbocycles. The molecule has 0 radical (unpaired) electrons. The van der Waals surface area contributed by atoms with Crippen molar-refractivity contribution in [2.75, 3.05) is 31.2 Å². The summed E-state index contributed by atoms with van der Waals surface area (Å²) in [5, 5.41) is 6.28. The number of hydrogen-bond donors (Lipinski definition) is 2. The third-order valence-corrected chi connectivity index (χ3v) is 7.36. The lowest BCUT2D eigenvalue weighted by Crippen LogP contribution is -2.57. The molecule has 2 aromatic carbocycles. The molecule has 3 aliphatic rings. The van der Waals surface area contributed by atoms with E-state index in [-0.39, 0.29) is 23.8 Å². The first-order chi connectivity index (χ1) is 15.6. The van der Waals surface area contributed by atoms with Crippen LogP contribution in [0.2, 0.25) is 0 Å². The van der Waals surface area contributed by atoms with Gasteiger partial charge in [-0.3, -0.25) is 9.59 Å². The number of para-hydroxylation sites is 1. The van der Waals surface area contributed by atoms with E-state index in [1.807, 2.05) is 36.4 Å². The van der Waals surface area contributed by atoms with E-state index in [9.17, 15) is 9.59 Å². The predicted octanol–water partition coefficient (Wildman–Crippen LogP) is 2.72. The van der Waals surface area contributed by atoms with Gasteiger partial charge in [0.05, 0.1) is 6.67 Å². The number of hydrogen-bond acceptors (Lipinski definition) is 4. The predicted molar refractivity (Wildman–Crippen MR) is 125 cm³/mol. The van der Waals surface area contributed by atoms with Gasteiger partial charge in [-0.05, 0) is 49.8 Å². The zero-order valence-electron chi connectivity index (χ0n) is 18.7. The number of anilines is 1. The molecule has 2 aromatic rings. The van der Waals surface area contributed by atoms with Crippen molar-refractivity contribution in [3.05, 3.63) is 66.2 Å². The maximum atomic E-state index is 12.8. The van der Waals surface area contributed by atoms with Crippen LogP contribution in [0.3, 0.4) is 0 Å². The van der Waals surface area contributed by atoms with E-state index in [0.29, 0.717) is 12.6 Å². The average molecular weight is 433 g/mol. The van der Waals surface area contributed by atoms with Gasteiger partial charge in [-0.15, -0.1) is 0 Å². The quantitative estimate of drug-likeness (QED) is 0.737. The van der Waals surface area contributed by atoms with Crippen LogP contribution in [0.4, 0.5) is 5.69 Å². The van der Waals surface area contributed by atoms with Crippen LogP contribution in [0, 0.1) is 5.92 Å². The Morgan fingerprint density at radius 2 is 1.75 bits per heavy atom. The van der Waals surface area contributed by atoms with Gasteiger partial charge in [0.2, 0.25) is 11.8 Å². The largest absolute Gasteiger partial charge is 0.352 e. The highest BCUT2D eigenvalue weighted by Crippen LogP contribution is 2.47. The Morgan fingerprint density at radius 1 is 1.09 bits per heavy atom. The van der Waals surface area contributed by atoms with Crippen LogP contribution in [-0.2, 0) is 9.59 Å². The molecule has 2 amide bonds. The molecule has 0 aromatic heterocycles. The fraction of sp³-hybridized carbons (Fsp3) is 0.462. The highest BCUT2D eigenvalue weighted by Gasteiger charge is 2.50. The number of rotatable bonds is 6. The van der Waals surface area contributed by atoms with Gasteiger partial charge in [0.25, 0.3) is 0 Å². The number of nitrogens with zero attached hydrogens (tertiary/aromatic N) is 2. The highest BCUT2D eigenvalue weighted by molar-refractivity contribution is 5.93. The number of amides is 2. The zero-order valence-corrected chi connectivity index (χ0v) is 18.7. The van der Waals surface area contributed by atoms with Crippen LogP contribution in [0.5, 0.6) is 0 Å². The Kier molecular flexibility index (Phi) is 5.64. The minimum absolute atomic E-state index is 0.0937. The molecule has 5 rings (SSSR count). The summed E-state index contributed by atoms with van der Waals surface area (Å²) < 4.78 is 0. The second-order valence-electron chi connectivity index (χ2n) is 9.53. The molecular formula is C26H32N4O2. The maximum Gasteiger partial charge on any atom is 0.247 e. The number of nitrogens with one attached hydrogen (secondary N) is 2. The molecule has 32 heavy (non-hydrogen) atoms. The third-order valence-electron chi connectivity index (χ3n) is 7.36. The second-order valence-corrected chi connectivity index (χ2v) is 9.53. The Balaban J connectivity index is 1.13. The van der Waals surface area contributed by atoms with Crippen molar-refractivity contribution in [2.45, 2.75) is 43.7 Å². The summed E-state index contributed by atoms with van der Waals surface area (Å²) in [6, 6.07) is 20.6. The van der Waals surface area contributed by atoms with Gasteiger partial charge in [-0.1, -0.05) is 48.5 Å². The number of carbonyl (C=O) groups excluding carboxylic acids is 2.